The fourth-order valence-electron chi connectivity index (χ4n) is 7.75. The number of fused-ring (bicyclic) bond motifs is 5. The Morgan fingerprint density at radius 1 is 1.28 bits per heavy atom. The van der Waals surface area contributed by atoms with Crippen molar-refractivity contribution < 1.29 is 24.2 Å². The molecule has 0 saturated heterocycles. The molecule has 0 spiro atoms. The Balaban J connectivity index is 1.85. The molecule has 4 aliphatic rings. The Kier molecular flexibility index (Phi) is 5.75. The van der Waals surface area contributed by atoms with Crippen LogP contribution in [0.15, 0.2) is 23.8 Å². The molecule has 5 nitrogen and oxygen atoms in total. The van der Waals surface area contributed by atoms with Crippen LogP contribution in [-0.2, 0) is 19.1 Å². The summed E-state index contributed by atoms with van der Waals surface area (Å²) in [5.41, 5.74) is -1.90. The third-order valence-corrected chi connectivity index (χ3v) is 10.4. The van der Waals surface area contributed by atoms with Crippen molar-refractivity contribution in [3.8, 4) is 0 Å². The highest BCUT2D eigenvalue weighted by Gasteiger charge is 2.76. The van der Waals surface area contributed by atoms with Crippen LogP contribution in [0.3, 0.4) is 0 Å². The van der Waals surface area contributed by atoms with Crippen LogP contribution in [-0.4, -0.2) is 45.1 Å². The minimum atomic E-state index is -1.39. The van der Waals surface area contributed by atoms with Gasteiger partial charge >= 0.3 is 5.97 Å². The number of aliphatic hydroxyl groups excluding tert-OH is 1. The normalized spacial score (nSPS) is 47.2. The smallest absolute Gasteiger partial charge is 0.306 e. The van der Waals surface area contributed by atoms with Crippen molar-refractivity contribution in [3.63, 3.8) is 0 Å². The first-order valence-electron chi connectivity index (χ1n) is 11.5. The van der Waals surface area contributed by atoms with Gasteiger partial charge in [0.15, 0.2) is 17.2 Å². The van der Waals surface area contributed by atoms with Crippen molar-refractivity contribution in [1.29, 1.82) is 0 Å². The van der Waals surface area contributed by atoms with Crippen molar-refractivity contribution in [2.75, 3.05) is 5.88 Å². The molecule has 7 heteroatoms. The Hall–Kier alpha value is -1.17. The second-order valence-electron chi connectivity index (χ2n) is 10.5. The Labute approximate surface area is 199 Å². The maximum Gasteiger partial charge on any atom is 0.306 e. The Bertz CT molecular complexity index is 927. The van der Waals surface area contributed by atoms with E-state index in [1.165, 1.54) is 6.08 Å². The minimum Gasteiger partial charge on any atom is -0.450 e. The number of esters is 1. The molecule has 0 amide bonds. The number of ketones is 2. The fourth-order valence-corrected chi connectivity index (χ4v) is 8.47. The van der Waals surface area contributed by atoms with Gasteiger partial charge < -0.3 is 9.84 Å². The monoisotopic (exact) mass is 482 g/mol. The molecule has 0 bridgehead atoms. The molecule has 2 unspecified atom stereocenters. The SMILES string of the molecule is CCC(=O)O[C@]1(C(=O)CCl)C(C)C[C@H]2[C@@H]3CCC4=CC(=O)C=C[C@]4(C)[C@@]3(Cl)C(O)C[C@@]21C. The van der Waals surface area contributed by atoms with Crippen molar-refractivity contribution in [2.45, 2.75) is 76.4 Å². The predicted octanol–water partition coefficient (Wildman–Crippen LogP) is 4.37. The van der Waals surface area contributed by atoms with Gasteiger partial charge in [0.2, 0.25) is 0 Å². The highest BCUT2D eigenvalue weighted by molar-refractivity contribution is 6.29. The molecule has 4 aliphatic carbocycles. The highest BCUT2D eigenvalue weighted by atomic mass is 35.5. The van der Waals surface area contributed by atoms with E-state index in [1.54, 1.807) is 13.0 Å². The third kappa shape index (κ3) is 2.77. The molecule has 1 N–H and O–H groups in total. The highest BCUT2D eigenvalue weighted by Crippen LogP contribution is 2.72. The predicted molar refractivity (Wildman–Crippen MR) is 122 cm³/mol. The summed E-state index contributed by atoms with van der Waals surface area (Å²) in [6.07, 6.45) is 6.50. The summed E-state index contributed by atoms with van der Waals surface area (Å²) in [5.74, 6) is -1.48. The molecule has 3 fully saturated rings. The van der Waals surface area contributed by atoms with Gasteiger partial charge in [0.25, 0.3) is 0 Å². The first-order chi connectivity index (χ1) is 14.9. The first kappa shape index (κ1) is 24.0. The van der Waals surface area contributed by atoms with Gasteiger partial charge in [0.1, 0.15) is 0 Å². The molecule has 0 radical (unpaired) electrons. The van der Waals surface area contributed by atoms with E-state index in [4.69, 9.17) is 27.9 Å². The largest absolute Gasteiger partial charge is 0.450 e. The number of Topliss-reactive ketones (excluding diaryl/α,β-unsaturated/α-hetero) is 1. The van der Waals surface area contributed by atoms with Crippen molar-refractivity contribution in [2.24, 2.45) is 28.6 Å². The van der Waals surface area contributed by atoms with Crippen LogP contribution >= 0.6 is 23.2 Å². The molecule has 4 rings (SSSR count). The Morgan fingerprint density at radius 2 is 1.97 bits per heavy atom. The van der Waals surface area contributed by atoms with Crippen LogP contribution in [0.4, 0.5) is 0 Å². The lowest BCUT2D eigenvalue weighted by Gasteiger charge is -2.64. The molecular formula is C25H32Cl2O5. The summed E-state index contributed by atoms with van der Waals surface area (Å²) in [4.78, 5) is 36.9. The number of hydrogen-bond acceptors (Lipinski definition) is 5. The summed E-state index contributed by atoms with van der Waals surface area (Å²) < 4.78 is 6.00. The second-order valence-corrected chi connectivity index (χ2v) is 11.4. The van der Waals surface area contributed by atoms with Gasteiger partial charge in [-0.1, -0.05) is 39.3 Å². The van der Waals surface area contributed by atoms with Gasteiger partial charge in [-0.15, -0.1) is 23.2 Å². The van der Waals surface area contributed by atoms with E-state index in [0.29, 0.717) is 19.3 Å². The average Bonchev–Trinajstić information content (AvgIpc) is 2.96. The zero-order valence-corrected chi connectivity index (χ0v) is 20.6. The molecular weight excluding hydrogens is 451 g/mol. The molecule has 0 aromatic heterocycles. The van der Waals surface area contributed by atoms with E-state index in [0.717, 1.165) is 5.57 Å². The van der Waals surface area contributed by atoms with Gasteiger partial charge in [-0.25, -0.2) is 0 Å². The topological polar surface area (TPSA) is 80.7 Å². The number of allylic oxidation sites excluding steroid dienone is 4. The van der Waals surface area contributed by atoms with Crippen LogP contribution in [0.1, 0.15) is 59.8 Å². The van der Waals surface area contributed by atoms with E-state index in [-0.39, 0.29) is 48.0 Å². The van der Waals surface area contributed by atoms with E-state index >= 15 is 0 Å². The molecule has 8 atom stereocenters. The van der Waals surface area contributed by atoms with E-state index in [2.05, 4.69) is 0 Å². The van der Waals surface area contributed by atoms with Crippen molar-refractivity contribution in [1.82, 2.24) is 0 Å². The number of alkyl halides is 2. The summed E-state index contributed by atoms with van der Waals surface area (Å²) in [5, 5.41) is 11.6. The zero-order chi connectivity index (χ0) is 23.7. The quantitative estimate of drug-likeness (QED) is 0.475. The number of rotatable bonds is 4. The minimum absolute atomic E-state index is 0.0420. The summed E-state index contributed by atoms with van der Waals surface area (Å²) in [7, 11) is 0. The summed E-state index contributed by atoms with van der Waals surface area (Å²) in [6.45, 7) is 7.60. The molecule has 0 aromatic rings. The number of hydrogen-bond donors (Lipinski definition) is 1. The van der Waals surface area contributed by atoms with Crippen LogP contribution in [0.5, 0.6) is 0 Å². The van der Waals surface area contributed by atoms with Gasteiger partial charge in [0, 0.05) is 23.2 Å². The lowest BCUT2D eigenvalue weighted by Crippen LogP contribution is -2.69. The van der Waals surface area contributed by atoms with Gasteiger partial charge in [-0.2, -0.15) is 0 Å². The van der Waals surface area contributed by atoms with Crippen molar-refractivity contribution >= 4 is 40.7 Å². The second kappa shape index (κ2) is 7.68. The van der Waals surface area contributed by atoms with Gasteiger partial charge in [-0.3, -0.25) is 14.4 Å². The van der Waals surface area contributed by atoms with Crippen LogP contribution in [0.25, 0.3) is 0 Å². The molecule has 32 heavy (non-hydrogen) atoms. The molecule has 176 valence electrons. The molecule has 0 aromatic carbocycles. The van der Waals surface area contributed by atoms with Crippen LogP contribution in [0, 0.1) is 28.6 Å². The third-order valence-electron chi connectivity index (χ3n) is 9.28. The summed E-state index contributed by atoms with van der Waals surface area (Å²) >= 11 is 13.5. The fraction of sp³-hybridized carbons (Fsp3) is 0.720. The lowest BCUT2D eigenvalue weighted by molar-refractivity contribution is -0.200. The maximum atomic E-state index is 13.4. The zero-order valence-electron chi connectivity index (χ0n) is 19.1. The summed E-state index contributed by atoms with van der Waals surface area (Å²) in [6, 6.07) is 0. The number of ether oxygens (including phenoxy) is 1. The molecule has 0 aliphatic heterocycles. The average molecular weight is 483 g/mol. The number of carbonyl (C=O) groups is 3. The van der Waals surface area contributed by atoms with Gasteiger partial charge in [0.05, 0.1) is 16.9 Å². The Morgan fingerprint density at radius 3 is 2.59 bits per heavy atom. The van der Waals surface area contributed by atoms with E-state index in [1.807, 2.05) is 26.8 Å². The number of aliphatic hydroxyl groups is 1. The number of carbonyl (C=O) groups excluding carboxylic acids is 3. The van der Waals surface area contributed by atoms with Crippen LogP contribution < -0.4 is 0 Å². The maximum absolute atomic E-state index is 13.4. The van der Waals surface area contributed by atoms with E-state index in [9.17, 15) is 19.5 Å². The van der Waals surface area contributed by atoms with Crippen LogP contribution in [0.2, 0.25) is 0 Å². The van der Waals surface area contributed by atoms with Crippen molar-refractivity contribution in [3.05, 3.63) is 23.8 Å². The molecule has 0 heterocycles. The lowest BCUT2D eigenvalue weighted by atomic mass is 9.45. The molecule has 3 saturated carbocycles. The first-order valence-corrected chi connectivity index (χ1v) is 12.5. The number of halogens is 2. The standard InChI is InChI=1S/C25H32Cl2O5/c1-5-21(31)32-25(20(30)13-26)14(2)10-18-17-7-6-15-11-16(28)8-9-22(15,3)24(17,27)19(29)12-23(18,25)4/h8-9,11,14,17-19,29H,5-7,10,12-13H2,1-4H3/t14?,17-,18-,19?,22-,23-,24-,25-/m0/s1. The van der Waals surface area contributed by atoms with Gasteiger partial charge in [-0.05, 0) is 49.7 Å². The van der Waals surface area contributed by atoms with E-state index < -0.39 is 33.4 Å².